The Morgan fingerprint density at radius 3 is 2.74 bits per heavy atom. The number of nitriles is 1. The SMILES string of the molecule is CC(C)Oc1c(Nc2ncc(Cl)c(Nc3cccc(C#N)c3)n2)ccc(F)c1[N+](=O)[O-]. The number of aromatic nitrogens is 2. The minimum absolute atomic E-state index is 0.0397. The second kappa shape index (κ2) is 9.23. The molecule has 0 unspecified atom stereocenters. The van der Waals surface area contributed by atoms with Crippen molar-refractivity contribution in [3.8, 4) is 11.8 Å². The highest BCUT2D eigenvalue weighted by molar-refractivity contribution is 6.32. The average Bonchev–Trinajstić information content (AvgIpc) is 2.72. The Hall–Kier alpha value is -3.97. The van der Waals surface area contributed by atoms with Gasteiger partial charge < -0.3 is 15.4 Å². The van der Waals surface area contributed by atoms with Gasteiger partial charge in [0.2, 0.25) is 17.5 Å². The Bertz CT molecular complexity index is 1180. The van der Waals surface area contributed by atoms with Crippen LogP contribution in [0.25, 0.3) is 0 Å². The summed E-state index contributed by atoms with van der Waals surface area (Å²) < 4.78 is 19.6. The lowest BCUT2D eigenvalue weighted by molar-refractivity contribution is -0.388. The zero-order valence-electron chi connectivity index (χ0n) is 16.4. The van der Waals surface area contributed by atoms with Gasteiger partial charge in [0.25, 0.3) is 0 Å². The molecule has 3 aromatic rings. The van der Waals surface area contributed by atoms with Crippen LogP contribution in [0, 0.1) is 27.3 Å². The molecule has 2 aromatic carbocycles. The third-order valence-electron chi connectivity index (χ3n) is 3.86. The first kappa shape index (κ1) is 21.7. The number of hydrogen-bond acceptors (Lipinski definition) is 8. The predicted octanol–water partition coefficient (Wildman–Crippen LogP) is 5.32. The molecule has 0 saturated heterocycles. The Labute approximate surface area is 181 Å². The Morgan fingerprint density at radius 1 is 1.29 bits per heavy atom. The predicted molar refractivity (Wildman–Crippen MR) is 114 cm³/mol. The summed E-state index contributed by atoms with van der Waals surface area (Å²) in [5.74, 6) is -1.02. The number of nitro groups is 1. The van der Waals surface area contributed by atoms with Crippen LogP contribution in [0.4, 0.5) is 33.2 Å². The molecule has 3 rings (SSSR count). The number of halogens is 2. The van der Waals surface area contributed by atoms with Crippen molar-refractivity contribution in [1.29, 1.82) is 5.26 Å². The van der Waals surface area contributed by atoms with Crippen molar-refractivity contribution in [3.05, 3.63) is 69.1 Å². The van der Waals surface area contributed by atoms with Gasteiger partial charge in [-0.05, 0) is 44.2 Å². The first-order valence-corrected chi connectivity index (χ1v) is 9.36. The summed E-state index contributed by atoms with van der Waals surface area (Å²) in [6.07, 6.45) is 0.880. The van der Waals surface area contributed by atoms with Gasteiger partial charge in [-0.25, -0.2) is 4.98 Å². The zero-order valence-corrected chi connectivity index (χ0v) is 17.1. The minimum atomic E-state index is -1.03. The van der Waals surface area contributed by atoms with Crippen molar-refractivity contribution in [2.75, 3.05) is 10.6 Å². The van der Waals surface area contributed by atoms with E-state index in [1.807, 2.05) is 6.07 Å². The molecule has 31 heavy (non-hydrogen) atoms. The van der Waals surface area contributed by atoms with Crippen molar-refractivity contribution in [1.82, 2.24) is 9.97 Å². The molecule has 0 fully saturated rings. The average molecular weight is 443 g/mol. The highest BCUT2D eigenvalue weighted by Gasteiger charge is 2.26. The normalized spacial score (nSPS) is 10.5. The van der Waals surface area contributed by atoms with Crippen molar-refractivity contribution < 1.29 is 14.1 Å². The fourth-order valence-corrected chi connectivity index (χ4v) is 2.75. The van der Waals surface area contributed by atoms with E-state index in [2.05, 4.69) is 20.6 Å². The Balaban J connectivity index is 1.96. The lowest BCUT2D eigenvalue weighted by atomic mass is 10.2. The van der Waals surface area contributed by atoms with E-state index in [1.54, 1.807) is 38.1 Å². The van der Waals surface area contributed by atoms with E-state index in [4.69, 9.17) is 21.6 Å². The van der Waals surface area contributed by atoms with Crippen LogP contribution in [0.1, 0.15) is 19.4 Å². The van der Waals surface area contributed by atoms with Crippen LogP contribution >= 0.6 is 11.6 Å². The molecule has 11 heteroatoms. The van der Waals surface area contributed by atoms with Gasteiger partial charge in [0.15, 0.2) is 5.82 Å². The maximum atomic E-state index is 14.1. The Kier molecular flexibility index (Phi) is 6.47. The number of ether oxygens (including phenoxy) is 1. The van der Waals surface area contributed by atoms with Crippen molar-refractivity contribution in [3.63, 3.8) is 0 Å². The first-order valence-electron chi connectivity index (χ1n) is 8.98. The van der Waals surface area contributed by atoms with Crippen LogP contribution < -0.4 is 15.4 Å². The lowest BCUT2D eigenvalue weighted by Crippen LogP contribution is -2.11. The van der Waals surface area contributed by atoms with Gasteiger partial charge in [0, 0.05) is 5.69 Å². The van der Waals surface area contributed by atoms with Gasteiger partial charge >= 0.3 is 5.69 Å². The number of nitro benzene ring substituents is 1. The van der Waals surface area contributed by atoms with Crippen molar-refractivity contribution in [2.24, 2.45) is 0 Å². The second-order valence-electron chi connectivity index (χ2n) is 6.53. The van der Waals surface area contributed by atoms with Crippen LogP contribution in [0.15, 0.2) is 42.6 Å². The Morgan fingerprint density at radius 2 is 2.06 bits per heavy atom. The fraction of sp³-hybridized carbons (Fsp3) is 0.150. The monoisotopic (exact) mass is 442 g/mol. The smallest absolute Gasteiger partial charge is 0.348 e. The summed E-state index contributed by atoms with van der Waals surface area (Å²) >= 11 is 6.17. The number of anilines is 4. The number of nitrogens with one attached hydrogen (secondary N) is 2. The van der Waals surface area contributed by atoms with E-state index in [0.29, 0.717) is 11.3 Å². The first-order chi connectivity index (χ1) is 14.8. The number of nitrogens with zero attached hydrogens (tertiary/aromatic N) is 4. The summed E-state index contributed by atoms with van der Waals surface area (Å²) in [5.41, 5.74) is 0.343. The summed E-state index contributed by atoms with van der Waals surface area (Å²) in [6.45, 7) is 3.32. The van der Waals surface area contributed by atoms with Crippen LogP contribution in [-0.4, -0.2) is 21.0 Å². The molecule has 0 aliphatic rings. The quantitative estimate of drug-likeness (QED) is 0.371. The van der Waals surface area contributed by atoms with E-state index >= 15 is 0 Å². The van der Waals surface area contributed by atoms with Crippen molar-refractivity contribution >= 4 is 40.4 Å². The van der Waals surface area contributed by atoms with Crippen LogP contribution in [-0.2, 0) is 0 Å². The molecule has 1 aromatic heterocycles. The van der Waals surface area contributed by atoms with Crippen LogP contribution in [0.5, 0.6) is 5.75 Å². The molecular formula is C20H16ClFN6O3. The third-order valence-corrected chi connectivity index (χ3v) is 4.14. The van der Waals surface area contributed by atoms with E-state index in [9.17, 15) is 14.5 Å². The number of rotatable bonds is 7. The van der Waals surface area contributed by atoms with E-state index in [0.717, 1.165) is 6.07 Å². The van der Waals surface area contributed by atoms with Crippen LogP contribution in [0.3, 0.4) is 0 Å². The largest absolute Gasteiger partial charge is 0.483 e. The van der Waals surface area contributed by atoms with Crippen LogP contribution in [0.2, 0.25) is 5.02 Å². The van der Waals surface area contributed by atoms with Gasteiger partial charge in [-0.15, -0.1) is 0 Å². The minimum Gasteiger partial charge on any atom is -0.483 e. The van der Waals surface area contributed by atoms with Crippen molar-refractivity contribution in [2.45, 2.75) is 20.0 Å². The molecule has 1 heterocycles. The topological polar surface area (TPSA) is 126 Å². The fourth-order valence-electron chi connectivity index (χ4n) is 2.61. The molecule has 158 valence electrons. The molecule has 0 saturated carbocycles. The highest BCUT2D eigenvalue weighted by Crippen LogP contribution is 2.39. The molecule has 0 aliphatic heterocycles. The molecule has 2 N–H and O–H groups in total. The van der Waals surface area contributed by atoms with Gasteiger partial charge in [-0.3, -0.25) is 10.1 Å². The molecule has 0 radical (unpaired) electrons. The van der Waals surface area contributed by atoms with E-state index in [-0.39, 0.29) is 28.2 Å². The number of benzene rings is 2. The molecular weight excluding hydrogens is 427 g/mol. The second-order valence-corrected chi connectivity index (χ2v) is 6.94. The standard InChI is InChI=1S/C20H16ClFN6O3/c1-11(2)31-18-16(7-6-15(22)17(18)28(29)30)26-20-24-10-14(21)19(27-20)25-13-5-3-4-12(8-13)9-23/h3-8,10-11H,1-2H3,(H2,24,25,26,27). The molecule has 9 nitrogen and oxygen atoms in total. The zero-order chi connectivity index (χ0) is 22.5. The molecule has 0 aliphatic carbocycles. The van der Waals surface area contributed by atoms with Gasteiger partial charge in [-0.1, -0.05) is 17.7 Å². The third kappa shape index (κ3) is 5.15. The lowest BCUT2D eigenvalue weighted by Gasteiger charge is -2.16. The number of hydrogen-bond donors (Lipinski definition) is 2. The molecule has 0 atom stereocenters. The highest BCUT2D eigenvalue weighted by atomic mass is 35.5. The van der Waals surface area contributed by atoms with E-state index < -0.39 is 22.5 Å². The molecule has 0 spiro atoms. The maximum Gasteiger partial charge on any atom is 0.348 e. The van der Waals surface area contributed by atoms with Gasteiger partial charge in [0.05, 0.1) is 34.5 Å². The maximum absolute atomic E-state index is 14.1. The summed E-state index contributed by atoms with van der Waals surface area (Å²) in [5, 5.41) is 26.4. The summed E-state index contributed by atoms with van der Waals surface area (Å²) in [7, 11) is 0. The van der Waals surface area contributed by atoms with E-state index in [1.165, 1.54) is 12.3 Å². The summed E-state index contributed by atoms with van der Waals surface area (Å²) in [6, 6.07) is 11.0. The summed E-state index contributed by atoms with van der Waals surface area (Å²) in [4.78, 5) is 18.8. The van der Waals surface area contributed by atoms with Gasteiger partial charge in [-0.2, -0.15) is 14.6 Å². The molecule has 0 amide bonds. The van der Waals surface area contributed by atoms with Gasteiger partial charge in [0.1, 0.15) is 5.02 Å². The molecule has 0 bridgehead atoms.